The number of nitriles is 1. The van der Waals surface area contributed by atoms with E-state index in [0.717, 1.165) is 5.69 Å². The summed E-state index contributed by atoms with van der Waals surface area (Å²) >= 11 is 0. The van der Waals surface area contributed by atoms with Gasteiger partial charge in [0.25, 0.3) is 0 Å². The van der Waals surface area contributed by atoms with Crippen LogP contribution in [0.5, 0.6) is 0 Å². The van der Waals surface area contributed by atoms with E-state index < -0.39 is 0 Å². The largest absolute Gasteiger partial charge is 0.342 e. The van der Waals surface area contributed by atoms with Crippen LogP contribution in [0.1, 0.15) is 5.69 Å². The summed E-state index contributed by atoms with van der Waals surface area (Å²) in [6, 6.07) is 3.59. The van der Waals surface area contributed by atoms with E-state index in [4.69, 9.17) is 5.26 Å². The molecule has 0 saturated heterocycles. The Morgan fingerprint density at radius 2 is 2.47 bits per heavy atom. The van der Waals surface area contributed by atoms with Gasteiger partial charge in [0, 0.05) is 12.7 Å². The maximum Gasteiger partial charge on any atom is 0.234 e. The maximum absolute atomic E-state index is 11.0. The van der Waals surface area contributed by atoms with Crippen molar-refractivity contribution in [1.82, 2.24) is 20.6 Å². The van der Waals surface area contributed by atoms with Crippen molar-refractivity contribution in [3.8, 4) is 6.07 Å². The third-order valence-electron chi connectivity index (χ3n) is 1.60. The second-order valence-electron chi connectivity index (χ2n) is 2.74. The third-order valence-corrected chi connectivity index (χ3v) is 1.60. The van der Waals surface area contributed by atoms with Gasteiger partial charge in [-0.2, -0.15) is 5.26 Å². The minimum atomic E-state index is -0.203. The number of amides is 1. The molecule has 1 heterocycles. The minimum Gasteiger partial charge on any atom is -0.342 e. The Labute approximate surface area is 87.3 Å². The summed E-state index contributed by atoms with van der Waals surface area (Å²) in [5.74, 6) is -0.203. The van der Waals surface area contributed by atoms with Crippen molar-refractivity contribution < 1.29 is 4.79 Å². The van der Waals surface area contributed by atoms with Crippen molar-refractivity contribution in [3.05, 3.63) is 24.3 Å². The van der Waals surface area contributed by atoms with Crippen LogP contribution in [0.4, 0.5) is 0 Å². The molecule has 15 heavy (non-hydrogen) atoms. The number of hydrogen-bond donors (Lipinski definition) is 2. The van der Waals surface area contributed by atoms with Gasteiger partial charge in [-0.1, -0.05) is 0 Å². The molecule has 78 valence electrons. The van der Waals surface area contributed by atoms with Crippen molar-refractivity contribution in [3.63, 3.8) is 0 Å². The molecule has 0 aliphatic heterocycles. The van der Waals surface area contributed by atoms with E-state index in [0.29, 0.717) is 6.54 Å². The Kier molecular flexibility index (Phi) is 4.77. The van der Waals surface area contributed by atoms with E-state index in [2.05, 4.69) is 20.6 Å². The molecule has 0 fully saturated rings. The van der Waals surface area contributed by atoms with Gasteiger partial charge in [0.15, 0.2) is 0 Å². The summed E-state index contributed by atoms with van der Waals surface area (Å²) in [6.45, 7) is 0.711. The third kappa shape index (κ3) is 4.69. The summed E-state index contributed by atoms with van der Waals surface area (Å²) < 4.78 is 0. The summed E-state index contributed by atoms with van der Waals surface area (Å²) in [5, 5.41) is 13.5. The Bertz CT molecular complexity index is 345. The molecule has 1 rings (SSSR count). The standard InChI is InChI=1S/C9H11N5O/c10-2-4-13-9(15)6-12-5-8-1-3-11-7-14-8/h1,3,7,12H,4-6H2,(H,13,15). The molecule has 0 spiro atoms. The number of hydrogen-bond acceptors (Lipinski definition) is 5. The lowest BCUT2D eigenvalue weighted by molar-refractivity contribution is -0.120. The van der Waals surface area contributed by atoms with Crippen LogP contribution < -0.4 is 10.6 Å². The molecule has 0 radical (unpaired) electrons. The van der Waals surface area contributed by atoms with Gasteiger partial charge in [0.2, 0.25) is 5.91 Å². The van der Waals surface area contributed by atoms with E-state index in [-0.39, 0.29) is 19.0 Å². The Morgan fingerprint density at radius 1 is 1.60 bits per heavy atom. The lowest BCUT2D eigenvalue weighted by atomic mass is 10.4. The van der Waals surface area contributed by atoms with Gasteiger partial charge in [-0.25, -0.2) is 9.97 Å². The number of aromatic nitrogens is 2. The summed E-state index contributed by atoms with van der Waals surface area (Å²) in [7, 11) is 0. The molecule has 0 aliphatic rings. The first-order chi connectivity index (χ1) is 7.33. The monoisotopic (exact) mass is 205 g/mol. The van der Waals surface area contributed by atoms with Gasteiger partial charge in [0.05, 0.1) is 18.3 Å². The first-order valence-corrected chi connectivity index (χ1v) is 4.42. The molecule has 0 saturated carbocycles. The van der Waals surface area contributed by atoms with Gasteiger partial charge in [-0.05, 0) is 6.07 Å². The van der Waals surface area contributed by atoms with Crippen LogP contribution in [0.25, 0.3) is 0 Å². The van der Waals surface area contributed by atoms with Crippen molar-refractivity contribution in [1.29, 1.82) is 5.26 Å². The van der Waals surface area contributed by atoms with Crippen LogP contribution in [-0.2, 0) is 11.3 Å². The fourth-order valence-electron chi connectivity index (χ4n) is 0.927. The SMILES string of the molecule is N#CCNC(=O)CNCc1ccncn1. The van der Waals surface area contributed by atoms with E-state index in [1.807, 2.05) is 6.07 Å². The predicted molar refractivity (Wildman–Crippen MR) is 52.4 cm³/mol. The van der Waals surface area contributed by atoms with Gasteiger partial charge < -0.3 is 10.6 Å². The smallest absolute Gasteiger partial charge is 0.234 e. The Balaban J connectivity index is 2.17. The zero-order chi connectivity index (χ0) is 10.9. The highest BCUT2D eigenvalue weighted by atomic mass is 16.1. The molecule has 6 heteroatoms. The second-order valence-corrected chi connectivity index (χ2v) is 2.74. The molecule has 0 aromatic carbocycles. The molecule has 6 nitrogen and oxygen atoms in total. The highest BCUT2D eigenvalue weighted by Crippen LogP contribution is 1.88. The molecular formula is C9H11N5O. The van der Waals surface area contributed by atoms with Gasteiger partial charge in [0.1, 0.15) is 12.9 Å². The van der Waals surface area contributed by atoms with Gasteiger partial charge >= 0.3 is 0 Å². The molecule has 0 atom stereocenters. The lowest BCUT2D eigenvalue weighted by Gasteiger charge is -2.03. The zero-order valence-corrected chi connectivity index (χ0v) is 8.10. The van der Waals surface area contributed by atoms with Gasteiger partial charge in [-0.15, -0.1) is 0 Å². The molecule has 0 bridgehead atoms. The second kappa shape index (κ2) is 6.45. The van der Waals surface area contributed by atoms with Crippen LogP contribution in [0.3, 0.4) is 0 Å². The van der Waals surface area contributed by atoms with Gasteiger partial charge in [-0.3, -0.25) is 4.79 Å². The quantitative estimate of drug-likeness (QED) is 0.614. The van der Waals surface area contributed by atoms with E-state index in [1.165, 1.54) is 6.33 Å². The summed E-state index contributed by atoms with van der Waals surface area (Å²) in [4.78, 5) is 18.8. The van der Waals surface area contributed by atoms with Crippen LogP contribution in [-0.4, -0.2) is 29.0 Å². The number of carbonyl (C=O) groups is 1. The normalized spacial score (nSPS) is 9.27. The van der Waals surface area contributed by atoms with E-state index in [1.54, 1.807) is 12.3 Å². The number of rotatable bonds is 5. The molecule has 1 amide bonds. The molecule has 2 N–H and O–H groups in total. The summed E-state index contributed by atoms with van der Waals surface area (Å²) in [6.07, 6.45) is 3.09. The molecule has 1 aromatic rings. The number of nitrogens with one attached hydrogen (secondary N) is 2. The Hall–Kier alpha value is -2.00. The molecule has 0 unspecified atom stereocenters. The van der Waals surface area contributed by atoms with Crippen LogP contribution >= 0.6 is 0 Å². The van der Waals surface area contributed by atoms with Crippen molar-refractivity contribution in [2.75, 3.05) is 13.1 Å². The highest BCUT2D eigenvalue weighted by molar-refractivity contribution is 5.78. The zero-order valence-electron chi connectivity index (χ0n) is 8.10. The number of nitrogens with zero attached hydrogens (tertiary/aromatic N) is 3. The highest BCUT2D eigenvalue weighted by Gasteiger charge is 1.99. The first kappa shape index (κ1) is 11.1. The maximum atomic E-state index is 11.0. The number of carbonyl (C=O) groups excluding carboxylic acids is 1. The van der Waals surface area contributed by atoms with Crippen LogP contribution in [0.2, 0.25) is 0 Å². The summed E-state index contributed by atoms with van der Waals surface area (Å²) in [5.41, 5.74) is 0.818. The van der Waals surface area contributed by atoms with Crippen molar-refractivity contribution in [2.45, 2.75) is 6.54 Å². The first-order valence-electron chi connectivity index (χ1n) is 4.42. The van der Waals surface area contributed by atoms with Crippen molar-refractivity contribution in [2.24, 2.45) is 0 Å². The average Bonchev–Trinajstić information content (AvgIpc) is 2.28. The minimum absolute atomic E-state index is 0.0357. The predicted octanol–water partition coefficient (Wildman–Crippen LogP) is -0.794. The Morgan fingerprint density at radius 3 is 3.13 bits per heavy atom. The molecular weight excluding hydrogens is 194 g/mol. The van der Waals surface area contributed by atoms with Crippen molar-refractivity contribution >= 4 is 5.91 Å². The topological polar surface area (TPSA) is 90.7 Å². The van der Waals surface area contributed by atoms with E-state index in [9.17, 15) is 4.79 Å². The molecule has 0 aliphatic carbocycles. The lowest BCUT2D eigenvalue weighted by Crippen LogP contribution is -2.33. The van der Waals surface area contributed by atoms with Crippen LogP contribution in [0, 0.1) is 11.3 Å². The van der Waals surface area contributed by atoms with E-state index >= 15 is 0 Å². The van der Waals surface area contributed by atoms with Crippen LogP contribution in [0.15, 0.2) is 18.6 Å². The average molecular weight is 205 g/mol. The fraction of sp³-hybridized carbons (Fsp3) is 0.333. The molecule has 1 aromatic heterocycles. The fourth-order valence-corrected chi connectivity index (χ4v) is 0.927.